The number of anilines is 1. The van der Waals surface area contributed by atoms with Crippen LogP contribution in [0.15, 0.2) is 47.1 Å². The van der Waals surface area contributed by atoms with Crippen molar-refractivity contribution in [2.45, 2.75) is 32.6 Å². The lowest BCUT2D eigenvalue weighted by Gasteiger charge is -2.10. The van der Waals surface area contributed by atoms with Gasteiger partial charge >= 0.3 is 0 Å². The number of amides is 2. The summed E-state index contributed by atoms with van der Waals surface area (Å²) in [6.07, 6.45) is 7.09. The lowest BCUT2D eigenvalue weighted by atomic mass is 10.0. The van der Waals surface area contributed by atoms with Crippen LogP contribution < -0.4 is 21.0 Å². The molecule has 0 aliphatic carbocycles. The van der Waals surface area contributed by atoms with Crippen LogP contribution in [0.5, 0.6) is 5.75 Å². The quantitative estimate of drug-likeness (QED) is 0.150. The molecule has 0 unspecified atom stereocenters. The normalized spacial score (nSPS) is 11.1. The molecular weight excluding hydrogens is 519 g/mol. The van der Waals surface area contributed by atoms with Crippen molar-refractivity contribution in [3.8, 4) is 5.75 Å². The van der Waals surface area contributed by atoms with Crippen molar-refractivity contribution >= 4 is 62.6 Å². The van der Waals surface area contributed by atoms with Crippen molar-refractivity contribution in [3.05, 3.63) is 63.9 Å². The van der Waals surface area contributed by atoms with Crippen LogP contribution in [0.3, 0.4) is 0 Å². The molecule has 0 bridgehead atoms. The molecule has 2 heterocycles. The summed E-state index contributed by atoms with van der Waals surface area (Å²) >= 11 is 12.4. The van der Waals surface area contributed by atoms with E-state index >= 15 is 0 Å². The van der Waals surface area contributed by atoms with E-state index in [-0.39, 0.29) is 21.3 Å². The Morgan fingerprint density at radius 1 is 1.03 bits per heavy atom. The summed E-state index contributed by atoms with van der Waals surface area (Å²) in [5.41, 5.74) is 6.78. The molecule has 4 aromatic rings. The van der Waals surface area contributed by atoms with Gasteiger partial charge in [-0.2, -0.15) is 10.4 Å². The second-order valence-corrected chi connectivity index (χ2v) is 9.07. The van der Waals surface area contributed by atoms with Crippen molar-refractivity contribution in [1.82, 2.24) is 15.9 Å². The van der Waals surface area contributed by atoms with Gasteiger partial charge in [-0.05, 0) is 36.8 Å². The molecule has 2 aromatic heterocycles. The van der Waals surface area contributed by atoms with Gasteiger partial charge in [0.15, 0.2) is 11.3 Å². The average molecular weight is 545 g/mol. The third-order valence-electron chi connectivity index (χ3n) is 5.75. The van der Waals surface area contributed by atoms with Gasteiger partial charge in [0.25, 0.3) is 11.8 Å². The highest BCUT2D eigenvalue weighted by molar-refractivity contribution is 6.40. The van der Waals surface area contributed by atoms with Crippen molar-refractivity contribution in [1.29, 1.82) is 0 Å². The van der Waals surface area contributed by atoms with Gasteiger partial charge in [-0.1, -0.05) is 49.4 Å². The van der Waals surface area contributed by atoms with Crippen LogP contribution >= 0.6 is 23.2 Å². The van der Waals surface area contributed by atoms with Gasteiger partial charge in [-0.15, -0.1) is 0 Å². The smallest absolute Gasteiger partial charge is 0.276 e. The number of nitrogens with zero attached hydrogens (tertiary/aromatic N) is 1. The average Bonchev–Trinajstić information content (AvgIpc) is 3.28. The highest BCUT2D eigenvalue weighted by Gasteiger charge is 2.22. The number of methoxy groups -OCH3 is 1. The van der Waals surface area contributed by atoms with Crippen molar-refractivity contribution in [2.24, 2.45) is 0 Å². The number of unbranched alkanes of at least 4 members (excludes halogenated alkanes) is 3. The van der Waals surface area contributed by atoms with Crippen LogP contribution in [0.2, 0.25) is 10.0 Å². The Labute approximate surface area is 223 Å². The molecule has 4 rings (SSSR count). The van der Waals surface area contributed by atoms with E-state index in [1.165, 1.54) is 19.5 Å². The van der Waals surface area contributed by atoms with Crippen molar-refractivity contribution in [2.75, 3.05) is 19.0 Å². The molecule has 0 radical (unpaired) electrons. The summed E-state index contributed by atoms with van der Waals surface area (Å²) in [4.78, 5) is 35.0. The Bertz CT molecular complexity index is 1420. The summed E-state index contributed by atoms with van der Waals surface area (Å²) in [5.74, 6) is -0.498. The standard InChI is InChI=1S/C26H26Cl2N4O5/c1-3-4-5-6-11-30-37-32-25(33)15-7-9-20-17(12-15)22-16(8-10-21(35-2)24(22)36-20)26(34)31-23-18(27)13-29-14-19(23)28/h7-10,12-14,30H,3-6,11H2,1-2H3,(H,32,33)(H,29,31,34). The summed E-state index contributed by atoms with van der Waals surface area (Å²) < 4.78 is 11.4. The molecule has 3 N–H and O–H groups in total. The maximum atomic E-state index is 13.3. The number of aromatic nitrogens is 1. The molecule has 0 aliphatic rings. The van der Waals surface area contributed by atoms with E-state index < -0.39 is 11.8 Å². The fourth-order valence-electron chi connectivity index (χ4n) is 3.88. The molecule has 0 saturated heterocycles. The van der Waals surface area contributed by atoms with Gasteiger partial charge < -0.3 is 14.5 Å². The summed E-state index contributed by atoms with van der Waals surface area (Å²) in [6, 6.07) is 8.12. The van der Waals surface area contributed by atoms with Crippen molar-refractivity contribution < 1.29 is 23.7 Å². The van der Waals surface area contributed by atoms with Crippen LogP contribution in [-0.2, 0) is 4.94 Å². The molecule has 0 spiro atoms. The Morgan fingerprint density at radius 2 is 1.81 bits per heavy atom. The molecule has 0 saturated carbocycles. The lowest BCUT2D eigenvalue weighted by Crippen LogP contribution is -2.31. The Balaban J connectivity index is 1.63. The second-order valence-electron chi connectivity index (χ2n) is 8.25. The van der Waals surface area contributed by atoms with Crippen LogP contribution in [0.4, 0.5) is 5.69 Å². The number of ether oxygens (including phenoxy) is 1. The van der Waals surface area contributed by atoms with Crippen LogP contribution in [-0.4, -0.2) is 30.5 Å². The zero-order chi connectivity index (χ0) is 26.4. The van der Waals surface area contributed by atoms with Gasteiger partial charge in [-0.3, -0.25) is 14.6 Å². The number of carbonyl (C=O) groups is 2. The number of pyridine rings is 1. The molecule has 0 fully saturated rings. The summed E-state index contributed by atoms with van der Waals surface area (Å²) in [5, 5.41) is 4.14. The molecule has 0 aliphatic heterocycles. The highest BCUT2D eigenvalue weighted by atomic mass is 35.5. The van der Waals surface area contributed by atoms with E-state index in [4.69, 9.17) is 37.3 Å². The number of rotatable bonds is 11. The lowest BCUT2D eigenvalue weighted by molar-refractivity contribution is -0.0272. The molecule has 37 heavy (non-hydrogen) atoms. The minimum absolute atomic E-state index is 0.195. The first-order valence-corrected chi connectivity index (χ1v) is 12.5. The largest absolute Gasteiger partial charge is 0.493 e. The van der Waals surface area contributed by atoms with E-state index in [9.17, 15) is 9.59 Å². The number of hydrogen-bond donors (Lipinski definition) is 3. The van der Waals surface area contributed by atoms with Crippen LogP contribution in [0, 0.1) is 0 Å². The van der Waals surface area contributed by atoms with E-state index in [1.54, 1.807) is 30.3 Å². The minimum atomic E-state index is -0.476. The Kier molecular flexibility index (Phi) is 8.83. The zero-order valence-electron chi connectivity index (χ0n) is 20.3. The van der Waals surface area contributed by atoms with Crippen LogP contribution in [0.25, 0.3) is 21.9 Å². The summed E-state index contributed by atoms with van der Waals surface area (Å²) in [6.45, 7) is 2.76. The number of hydroxylamine groups is 2. The SMILES string of the molecule is CCCCCCNONC(=O)c1ccc2oc3c(OC)ccc(C(=O)Nc4c(Cl)cncc4Cl)c3c2c1. The number of benzene rings is 2. The maximum Gasteiger partial charge on any atom is 0.276 e. The third-order valence-corrected chi connectivity index (χ3v) is 6.32. The predicted octanol–water partition coefficient (Wildman–Crippen LogP) is 6.30. The Morgan fingerprint density at radius 3 is 2.54 bits per heavy atom. The van der Waals surface area contributed by atoms with Crippen LogP contribution in [0.1, 0.15) is 53.3 Å². The fourth-order valence-corrected chi connectivity index (χ4v) is 4.33. The van der Waals surface area contributed by atoms with Gasteiger partial charge in [0, 0.05) is 35.3 Å². The topological polar surface area (TPSA) is 115 Å². The number of nitrogens with one attached hydrogen (secondary N) is 3. The van der Waals surface area contributed by atoms with Gasteiger partial charge in [0.05, 0.1) is 28.4 Å². The minimum Gasteiger partial charge on any atom is -0.493 e. The monoisotopic (exact) mass is 544 g/mol. The number of furan rings is 1. The first-order chi connectivity index (χ1) is 17.9. The molecule has 0 atom stereocenters. The van der Waals surface area contributed by atoms with Gasteiger partial charge in [0.1, 0.15) is 5.58 Å². The first-order valence-electron chi connectivity index (χ1n) is 11.8. The number of halogens is 2. The van der Waals surface area contributed by atoms with E-state index in [2.05, 4.69) is 28.2 Å². The van der Waals surface area contributed by atoms with Gasteiger partial charge in [-0.25, -0.2) is 5.48 Å². The number of hydrogen-bond acceptors (Lipinski definition) is 7. The third kappa shape index (κ3) is 5.97. The molecule has 9 nitrogen and oxygen atoms in total. The van der Waals surface area contributed by atoms with E-state index in [0.717, 1.165) is 25.7 Å². The zero-order valence-corrected chi connectivity index (χ0v) is 21.8. The second kappa shape index (κ2) is 12.2. The molecule has 2 aromatic carbocycles. The molecule has 11 heteroatoms. The molecular formula is C26H26Cl2N4O5. The number of carbonyl (C=O) groups excluding carboxylic acids is 2. The van der Waals surface area contributed by atoms with Gasteiger partial charge in [0.2, 0.25) is 0 Å². The Hall–Kier alpha value is -3.37. The summed E-state index contributed by atoms with van der Waals surface area (Å²) in [7, 11) is 1.50. The van der Waals surface area contributed by atoms with E-state index in [0.29, 0.717) is 39.8 Å². The first kappa shape index (κ1) is 26.7. The highest BCUT2D eigenvalue weighted by Crippen LogP contribution is 2.38. The maximum absolute atomic E-state index is 13.3. The molecule has 194 valence electrons. The van der Waals surface area contributed by atoms with E-state index in [1.807, 2.05) is 0 Å². The predicted molar refractivity (Wildman–Crippen MR) is 143 cm³/mol. The fraction of sp³-hybridized carbons (Fsp3) is 0.269. The van der Waals surface area contributed by atoms with Crippen molar-refractivity contribution in [3.63, 3.8) is 0 Å². The number of fused-ring (bicyclic) bond motifs is 3. The molecule has 2 amide bonds.